The van der Waals surface area contributed by atoms with Crippen molar-refractivity contribution >= 4 is 11.5 Å². The zero-order chi connectivity index (χ0) is 16.1. The van der Waals surface area contributed by atoms with Crippen molar-refractivity contribution in [3.05, 3.63) is 27.9 Å². The topological polar surface area (TPSA) is 91.5 Å². The number of nitrogens with zero attached hydrogens (tertiary/aromatic N) is 3. The summed E-state index contributed by atoms with van der Waals surface area (Å²) in [5, 5.41) is 23.9. The van der Waals surface area contributed by atoms with E-state index in [-0.39, 0.29) is 5.69 Å². The minimum Gasteiger partial charge on any atom is -0.390 e. The second-order valence-corrected chi connectivity index (χ2v) is 6.13. The van der Waals surface area contributed by atoms with Gasteiger partial charge in [-0.1, -0.05) is 6.92 Å². The summed E-state index contributed by atoms with van der Waals surface area (Å²) >= 11 is 0. The fourth-order valence-electron chi connectivity index (χ4n) is 2.67. The van der Waals surface area contributed by atoms with Gasteiger partial charge >= 0.3 is 0 Å². The van der Waals surface area contributed by atoms with Crippen molar-refractivity contribution in [1.82, 2.24) is 9.88 Å². The molecule has 1 aromatic heterocycles. The van der Waals surface area contributed by atoms with Gasteiger partial charge in [0, 0.05) is 18.7 Å². The number of aryl methyl sites for hydroxylation is 1. The molecule has 0 bridgehead atoms. The lowest BCUT2D eigenvalue weighted by Crippen LogP contribution is -2.40. The van der Waals surface area contributed by atoms with Crippen LogP contribution in [-0.2, 0) is 0 Å². The Morgan fingerprint density at radius 2 is 2.23 bits per heavy atom. The van der Waals surface area contributed by atoms with Gasteiger partial charge in [0.2, 0.25) is 0 Å². The van der Waals surface area contributed by atoms with Gasteiger partial charge in [-0.15, -0.1) is 0 Å². The van der Waals surface area contributed by atoms with Gasteiger partial charge in [-0.2, -0.15) is 0 Å². The van der Waals surface area contributed by atoms with E-state index in [1.54, 1.807) is 13.0 Å². The second kappa shape index (κ2) is 7.51. The van der Waals surface area contributed by atoms with E-state index in [0.29, 0.717) is 24.5 Å². The van der Waals surface area contributed by atoms with Crippen LogP contribution < -0.4 is 5.32 Å². The number of hydrogen-bond donors (Lipinski definition) is 2. The molecule has 2 N–H and O–H groups in total. The Hall–Kier alpha value is -1.73. The number of likely N-dealkylation sites (tertiary alicyclic amines) is 1. The van der Waals surface area contributed by atoms with Gasteiger partial charge in [-0.3, -0.25) is 10.1 Å². The maximum Gasteiger partial charge on any atom is 0.290 e. The third-order valence-electron chi connectivity index (χ3n) is 4.14. The monoisotopic (exact) mass is 308 g/mol. The van der Waals surface area contributed by atoms with Crippen LogP contribution in [0.15, 0.2) is 12.3 Å². The highest BCUT2D eigenvalue weighted by molar-refractivity contribution is 5.46. The lowest BCUT2D eigenvalue weighted by Gasteiger charge is -2.31. The zero-order valence-electron chi connectivity index (χ0n) is 13.2. The summed E-state index contributed by atoms with van der Waals surface area (Å²) in [6.45, 7) is 7.04. The smallest absolute Gasteiger partial charge is 0.290 e. The standard InChI is InChI=1S/C15H24N4O3/c1-11-3-5-18(6-4-11)10-13(20)8-16-15-7-12(2)14(9-17-15)19(21)22/h7,9,11,13,20H,3-6,8,10H2,1-2H3,(H,16,17). The minimum atomic E-state index is -0.481. The average Bonchev–Trinajstić information content (AvgIpc) is 2.47. The molecule has 1 saturated heterocycles. The SMILES string of the molecule is Cc1cc(NCC(O)CN2CCC(C)CC2)ncc1[N+](=O)[O-]. The molecule has 0 aromatic carbocycles. The molecule has 0 spiro atoms. The number of pyridine rings is 1. The molecule has 0 saturated carbocycles. The first-order valence-electron chi connectivity index (χ1n) is 7.71. The van der Waals surface area contributed by atoms with Gasteiger partial charge < -0.3 is 15.3 Å². The van der Waals surface area contributed by atoms with Crippen LogP contribution in [-0.4, -0.2) is 52.2 Å². The first-order chi connectivity index (χ1) is 10.5. The predicted molar refractivity (Wildman–Crippen MR) is 85.0 cm³/mol. The number of aliphatic hydroxyl groups is 1. The van der Waals surface area contributed by atoms with E-state index in [1.807, 2.05) is 0 Å². The van der Waals surface area contributed by atoms with Crippen molar-refractivity contribution in [1.29, 1.82) is 0 Å². The number of nitro groups is 1. The summed E-state index contributed by atoms with van der Waals surface area (Å²) in [7, 11) is 0. The highest BCUT2D eigenvalue weighted by atomic mass is 16.6. The first kappa shape index (κ1) is 16.6. The average molecular weight is 308 g/mol. The number of nitrogens with one attached hydrogen (secondary N) is 1. The molecule has 0 radical (unpaired) electrons. The number of piperidine rings is 1. The van der Waals surface area contributed by atoms with Crippen molar-refractivity contribution in [3.63, 3.8) is 0 Å². The summed E-state index contributed by atoms with van der Waals surface area (Å²) in [5.74, 6) is 1.33. The quantitative estimate of drug-likeness (QED) is 0.615. The number of β-amino-alcohol motifs (C(OH)–C–C–N with tert-alkyl or cyclic N) is 1. The normalized spacial score (nSPS) is 18.1. The highest BCUT2D eigenvalue weighted by Crippen LogP contribution is 2.19. The number of anilines is 1. The number of rotatable bonds is 6. The summed E-state index contributed by atoms with van der Waals surface area (Å²) in [6.07, 6.45) is 3.13. The number of aromatic nitrogens is 1. The van der Waals surface area contributed by atoms with Gasteiger partial charge in [-0.05, 0) is 44.8 Å². The Bertz CT molecular complexity index is 516. The van der Waals surface area contributed by atoms with Gasteiger partial charge in [0.1, 0.15) is 12.0 Å². The van der Waals surface area contributed by atoms with Gasteiger partial charge in [-0.25, -0.2) is 4.98 Å². The zero-order valence-corrected chi connectivity index (χ0v) is 13.2. The molecule has 2 heterocycles. The predicted octanol–water partition coefficient (Wildman–Crippen LogP) is 1.80. The Kier molecular flexibility index (Phi) is 5.68. The lowest BCUT2D eigenvalue weighted by atomic mass is 9.99. The van der Waals surface area contributed by atoms with E-state index in [4.69, 9.17) is 0 Å². The molecule has 0 aliphatic carbocycles. The Morgan fingerprint density at radius 1 is 1.55 bits per heavy atom. The van der Waals surface area contributed by atoms with Crippen LogP contribution in [0, 0.1) is 23.0 Å². The molecule has 1 atom stereocenters. The van der Waals surface area contributed by atoms with Crippen molar-refractivity contribution in [3.8, 4) is 0 Å². The largest absolute Gasteiger partial charge is 0.390 e. The first-order valence-corrected chi connectivity index (χ1v) is 7.71. The lowest BCUT2D eigenvalue weighted by molar-refractivity contribution is -0.385. The molecule has 122 valence electrons. The van der Waals surface area contributed by atoms with Crippen LogP contribution in [0.4, 0.5) is 11.5 Å². The summed E-state index contributed by atoms with van der Waals surface area (Å²) in [6, 6.07) is 1.63. The minimum absolute atomic E-state index is 0.00790. The van der Waals surface area contributed by atoms with Gasteiger partial charge in [0.15, 0.2) is 0 Å². The van der Waals surface area contributed by atoms with Crippen molar-refractivity contribution in [2.24, 2.45) is 5.92 Å². The molecule has 1 aliphatic rings. The third kappa shape index (κ3) is 4.64. The molecular formula is C15H24N4O3. The molecule has 2 rings (SSSR count). The molecule has 1 aliphatic heterocycles. The number of aliphatic hydroxyl groups excluding tert-OH is 1. The molecule has 1 aromatic rings. The van der Waals surface area contributed by atoms with Crippen LogP contribution in [0.25, 0.3) is 0 Å². The summed E-state index contributed by atoms with van der Waals surface area (Å²) < 4.78 is 0. The van der Waals surface area contributed by atoms with Gasteiger partial charge in [0.25, 0.3) is 5.69 Å². The van der Waals surface area contributed by atoms with Gasteiger partial charge in [0.05, 0.1) is 11.0 Å². The summed E-state index contributed by atoms with van der Waals surface area (Å²) in [5.41, 5.74) is 0.565. The molecule has 0 amide bonds. The van der Waals surface area contributed by atoms with E-state index in [2.05, 4.69) is 22.1 Å². The molecule has 7 nitrogen and oxygen atoms in total. The molecular weight excluding hydrogens is 284 g/mol. The van der Waals surface area contributed by atoms with E-state index in [0.717, 1.165) is 19.0 Å². The third-order valence-corrected chi connectivity index (χ3v) is 4.14. The van der Waals surface area contributed by atoms with Crippen molar-refractivity contribution < 1.29 is 10.0 Å². The number of hydrogen-bond acceptors (Lipinski definition) is 6. The molecule has 1 unspecified atom stereocenters. The molecule has 7 heteroatoms. The van der Waals surface area contributed by atoms with E-state index < -0.39 is 11.0 Å². The van der Waals surface area contributed by atoms with Crippen LogP contribution in [0.2, 0.25) is 0 Å². The summed E-state index contributed by atoms with van der Waals surface area (Å²) in [4.78, 5) is 16.6. The van der Waals surface area contributed by atoms with Crippen molar-refractivity contribution in [2.75, 3.05) is 31.5 Å². The van der Waals surface area contributed by atoms with Crippen molar-refractivity contribution in [2.45, 2.75) is 32.8 Å². The van der Waals surface area contributed by atoms with Crippen LogP contribution in [0.1, 0.15) is 25.3 Å². The van der Waals surface area contributed by atoms with Crippen LogP contribution in [0.3, 0.4) is 0 Å². The van der Waals surface area contributed by atoms with Crippen LogP contribution in [0.5, 0.6) is 0 Å². The second-order valence-electron chi connectivity index (χ2n) is 6.13. The van der Waals surface area contributed by atoms with E-state index in [1.165, 1.54) is 19.0 Å². The Labute approximate surface area is 130 Å². The van der Waals surface area contributed by atoms with Crippen LogP contribution >= 0.6 is 0 Å². The highest BCUT2D eigenvalue weighted by Gasteiger charge is 2.18. The Morgan fingerprint density at radius 3 is 2.82 bits per heavy atom. The fraction of sp³-hybridized carbons (Fsp3) is 0.667. The fourth-order valence-corrected chi connectivity index (χ4v) is 2.67. The maximum atomic E-state index is 10.7. The Balaban J connectivity index is 1.79. The maximum absolute atomic E-state index is 10.7. The molecule has 1 fully saturated rings. The molecule has 22 heavy (non-hydrogen) atoms. The van der Waals surface area contributed by atoms with E-state index in [9.17, 15) is 15.2 Å². The van der Waals surface area contributed by atoms with E-state index >= 15 is 0 Å².